The Labute approximate surface area is 85.4 Å². The van der Waals surface area contributed by atoms with Crippen molar-refractivity contribution in [2.75, 3.05) is 13.1 Å². The van der Waals surface area contributed by atoms with Crippen molar-refractivity contribution < 1.29 is 9.53 Å². The van der Waals surface area contributed by atoms with Crippen molar-refractivity contribution in [3.63, 3.8) is 0 Å². The Morgan fingerprint density at radius 3 is 2.50 bits per heavy atom. The van der Waals surface area contributed by atoms with Crippen LogP contribution in [-0.2, 0) is 4.74 Å². The van der Waals surface area contributed by atoms with E-state index in [1.165, 1.54) is 0 Å². The molecule has 0 spiro atoms. The predicted molar refractivity (Wildman–Crippen MR) is 54.9 cm³/mol. The lowest BCUT2D eigenvalue weighted by Crippen LogP contribution is -2.60. The Morgan fingerprint density at radius 1 is 1.57 bits per heavy atom. The molecule has 0 bridgehead atoms. The average molecular weight is 200 g/mol. The molecule has 1 saturated heterocycles. The summed E-state index contributed by atoms with van der Waals surface area (Å²) in [7, 11) is 0. The number of hydrogen-bond donors (Lipinski definition) is 1. The van der Waals surface area contributed by atoms with Gasteiger partial charge in [-0.2, -0.15) is 0 Å². The van der Waals surface area contributed by atoms with Gasteiger partial charge in [0.25, 0.3) is 0 Å². The van der Waals surface area contributed by atoms with Crippen LogP contribution in [-0.4, -0.2) is 35.7 Å². The minimum Gasteiger partial charge on any atom is -0.444 e. The molecule has 1 aliphatic rings. The summed E-state index contributed by atoms with van der Waals surface area (Å²) in [6, 6.07) is 0.217. The van der Waals surface area contributed by atoms with Crippen LogP contribution in [0.15, 0.2) is 0 Å². The number of nitrogens with two attached hydrogens (primary N) is 1. The van der Waals surface area contributed by atoms with E-state index in [0.29, 0.717) is 12.5 Å². The number of hydrogen-bond acceptors (Lipinski definition) is 3. The van der Waals surface area contributed by atoms with Gasteiger partial charge in [0, 0.05) is 18.5 Å². The fourth-order valence-electron chi connectivity index (χ4n) is 1.52. The molecule has 0 aromatic rings. The smallest absolute Gasteiger partial charge is 0.410 e. The second-order valence-electron chi connectivity index (χ2n) is 4.87. The van der Waals surface area contributed by atoms with E-state index in [0.717, 1.165) is 6.54 Å². The van der Waals surface area contributed by atoms with E-state index in [9.17, 15) is 4.79 Å². The number of amides is 1. The fraction of sp³-hybridized carbons (Fsp3) is 0.900. The molecular weight excluding hydrogens is 180 g/mol. The Morgan fingerprint density at radius 2 is 2.14 bits per heavy atom. The van der Waals surface area contributed by atoms with E-state index < -0.39 is 5.60 Å². The van der Waals surface area contributed by atoms with Crippen molar-refractivity contribution in [1.29, 1.82) is 0 Å². The Balaban J connectivity index is 2.42. The molecule has 1 aliphatic heterocycles. The summed E-state index contributed by atoms with van der Waals surface area (Å²) in [6.07, 6.45) is -0.227. The summed E-state index contributed by atoms with van der Waals surface area (Å²) < 4.78 is 5.25. The van der Waals surface area contributed by atoms with E-state index in [4.69, 9.17) is 10.5 Å². The first-order valence-corrected chi connectivity index (χ1v) is 5.05. The van der Waals surface area contributed by atoms with Crippen LogP contribution in [0, 0.1) is 5.92 Å². The molecular formula is C10H20N2O2. The number of nitrogens with zero attached hydrogens (tertiary/aromatic N) is 1. The van der Waals surface area contributed by atoms with Crippen molar-refractivity contribution in [2.24, 2.45) is 11.7 Å². The molecule has 1 unspecified atom stereocenters. The SMILES string of the molecule is C[C@H]1C(CN)CN1C(=O)OC(C)(C)C. The highest BCUT2D eigenvalue weighted by atomic mass is 16.6. The Bertz CT molecular complexity index is 223. The summed E-state index contributed by atoms with van der Waals surface area (Å²) >= 11 is 0. The van der Waals surface area contributed by atoms with E-state index >= 15 is 0 Å². The van der Waals surface area contributed by atoms with Gasteiger partial charge in [-0.3, -0.25) is 0 Å². The van der Waals surface area contributed by atoms with Crippen molar-refractivity contribution in [1.82, 2.24) is 4.90 Å². The second kappa shape index (κ2) is 3.77. The molecule has 0 aliphatic carbocycles. The Hall–Kier alpha value is -0.770. The van der Waals surface area contributed by atoms with E-state index in [1.54, 1.807) is 4.90 Å². The third-order valence-electron chi connectivity index (χ3n) is 2.54. The van der Waals surface area contributed by atoms with Crippen LogP contribution in [0.4, 0.5) is 4.79 Å². The highest BCUT2D eigenvalue weighted by Gasteiger charge is 2.39. The maximum atomic E-state index is 11.6. The van der Waals surface area contributed by atoms with Crippen LogP contribution in [0.5, 0.6) is 0 Å². The highest BCUT2D eigenvalue weighted by Crippen LogP contribution is 2.25. The zero-order chi connectivity index (χ0) is 10.9. The number of rotatable bonds is 1. The van der Waals surface area contributed by atoms with Gasteiger partial charge in [-0.1, -0.05) is 0 Å². The summed E-state index contributed by atoms with van der Waals surface area (Å²) in [6.45, 7) is 8.99. The number of ether oxygens (including phenoxy) is 1. The van der Waals surface area contributed by atoms with Crippen molar-refractivity contribution in [3.8, 4) is 0 Å². The van der Waals surface area contributed by atoms with Crippen LogP contribution >= 0.6 is 0 Å². The minimum absolute atomic E-state index is 0.217. The first-order valence-electron chi connectivity index (χ1n) is 5.05. The van der Waals surface area contributed by atoms with Crippen molar-refractivity contribution in [3.05, 3.63) is 0 Å². The molecule has 1 fully saturated rings. The van der Waals surface area contributed by atoms with Crippen LogP contribution in [0.2, 0.25) is 0 Å². The summed E-state index contributed by atoms with van der Waals surface area (Å²) in [4.78, 5) is 13.3. The maximum absolute atomic E-state index is 11.6. The molecule has 0 aromatic carbocycles. The lowest BCUT2D eigenvalue weighted by atomic mass is 9.91. The van der Waals surface area contributed by atoms with Crippen LogP contribution < -0.4 is 5.73 Å². The quantitative estimate of drug-likeness (QED) is 0.692. The van der Waals surface area contributed by atoms with Gasteiger partial charge in [0.2, 0.25) is 0 Å². The largest absolute Gasteiger partial charge is 0.444 e. The fourth-order valence-corrected chi connectivity index (χ4v) is 1.52. The zero-order valence-electron chi connectivity index (χ0n) is 9.41. The molecule has 2 N–H and O–H groups in total. The van der Waals surface area contributed by atoms with Crippen molar-refractivity contribution in [2.45, 2.75) is 39.3 Å². The molecule has 1 rings (SSSR count). The standard InChI is InChI=1S/C10H20N2O2/c1-7-8(5-11)6-12(7)9(13)14-10(2,3)4/h7-8H,5-6,11H2,1-4H3/t7-,8?/m0/s1. The lowest BCUT2D eigenvalue weighted by Gasteiger charge is -2.45. The zero-order valence-corrected chi connectivity index (χ0v) is 9.41. The topological polar surface area (TPSA) is 55.6 Å². The van der Waals surface area contributed by atoms with Crippen LogP contribution in [0.1, 0.15) is 27.7 Å². The lowest BCUT2D eigenvalue weighted by molar-refractivity contribution is -0.0227. The van der Waals surface area contributed by atoms with Gasteiger partial charge in [0.1, 0.15) is 5.60 Å². The summed E-state index contributed by atoms with van der Waals surface area (Å²) in [5, 5.41) is 0. The van der Waals surface area contributed by atoms with E-state index in [2.05, 4.69) is 0 Å². The molecule has 0 radical (unpaired) electrons. The molecule has 2 atom stereocenters. The van der Waals surface area contributed by atoms with E-state index in [1.807, 2.05) is 27.7 Å². The predicted octanol–water partition coefficient (Wildman–Crippen LogP) is 1.20. The normalized spacial score (nSPS) is 27.1. The van der Waals surface area contributed by atoms with Gasteiger partial charge in [0.05, 0.1) is 0 Å². The molecule has 1 amide bonds. The van der Waals surface area contributed by atoms with Gasteiger partial charge in [0.15, 0.2) is 0 Å². The average Bonchev–Trinajstić information content (AvgIpc) is 1.99. The molecule has 14 heavy (non-hydrogen) atoms. The molecule has 82 valence electrons. The molecule has 4 nitrogen and oxygen atoms in total. The van der Waals surface area contributed by atoms with Gasteiger partial charge in [-0.15, -0.1) is 0 Å². The van der Waals surface area contributed by atoms with Gasteiger partial charge in [-0.05, 0) is 34.2 Å². The summed E-state index contributed by atoms with van der Waals surface area (Å²) in [5.41, 5.74) is 5.12. The third-order valence-corrected chi connectivity index (χ3v) is 2.54. The maximum Gasteiger partial charge on any atom is 0.410 e. The minimum atomic E-state index is -0.412. The highest BCUT2D eigenvalue weighted by molar-refractivity contribution is 5.69. The first kappa shape index (κ1) is 11.3. The second-order valence-corrected chi connectivity index (χ2v) is 4.87. The van der Waals surface area contributed by atoms with Crippen molar-refractivity contribution >= 4 is 6.09 Å². The number of carbonyl (C=O) groups is 1. The molecule has 0 aromatic heterocycles. The summed E-state index contributed by atoms with van der Waals surface area (Å²) in [5.74, 6) is 0.433. The van der Waals surface area contributed by atoms with Gasteiger partial charge in [-0.25, -0.2) is 4.79 Å². The van der Waals surface area contributed by atoms with Gasteiger partial charge >= 0.3 is 6.09 Å². The monoisotopic (exact) mass is 200 g/mol. The molecule has 1 heterocycles. The van der Waals surface area contributed by atoms with Crippen LogP contribution in [0.25, 0.3) is 0 Å². The third kappa shape index (κ3) is 2.38. The number of likely N-dealkylation sites (tertiary alicyclic amines) is 1. The molecule has 4 heteroatoms. The number of carbonyl (C=O) groups excluding carboxylic acids is 1. The van der Waals surface area contributed by atoms with E-state index in [-0.39, 0.29) is 12.1 Å². The molecule has 0 saturated carbocycles. The first-order chi connectivity index (χ1) is 6.35. The Kier molecular flexibility index (Phi) is 3.04. The van der Waals surface area contributed by atoms with Gasteiger partial charge < -0.3 is 15.4 Å². The van der Waals surface area contributed by atoms with Crippen LogP contribution in [0.3, 0.4) is 0 Å².